The minimum atomic E-state index is -0.188. The Kier molecular flexibility index (Phi) is 6.46. The van der Waals surface area contributed by atoms with Crippen molar-refractivity contribution in [1.29, 1.82) is 0 Å². The van der Waals surface area contributed by atoms with Crippen LogP contribution >= 0.6 is 11.3 Å². The summed E-state index contributed by atoms with van der Waals surface area (Å²) in [6.45, 7) is 2.40. The number of nitrogens with zero attached hydrogens (tertiary/aromatic N) is 3. The highest BCUT2D eigenvalue weighted by molar-refractivity contribution is 7.22. The molecule has 0 fully saturated rings. The molecule has 0 atom stereocenters. The Hall–Kier alpha value is -4.16. The number of fused-ring (bicyclic) bond motifs is 1. The molecule has 0 radical (unpaired) electrons. The summed E-state index contributed by atoms with van der Waals surface area (Å²) in [4.78, 5) is 37.4. The zero-order valence-corrected chi connectivity index (χ0v) is 20.0. The van der Waals surface area contributed by atoms with Gasteiger partial charge in [0.1, 0.15) is 0 Å². The van der Waals surface area contributed by atoms with Crippen molar-refractivity contribution >= 4 is 38.4 Å². The SMILES string of the molecule is CCc1cccc2sc(N(Cc3ccccn3)C(=O)c3ccc(C(=O)c4ccccc4)cc3)nc12. The van der Waals surface area contributed by atoms with Crippen LogP contribution in [0.2, 0.25) is 0 Å². The van der Waals surface area contributed by atoms with Crippen molar-refractivity contribution in [3.8, 4) is 0 Å². The Labute approximate surface area is 207 Å². The molecule has 2 aromatic heterocycles. The van der Waals surface area contributed by atoms with Crippen molar-refractivity contribution in [2.75, 3.05) is 4.90 Å². The normalized spacial score (nSPS) is 10.9. The number of anilines is 1. The first-order chi connectivity index (χ1) is 17.1. The van der Waals surface area contributed by atoms with Crippen LogP contribution in [0.25, 0.3) is 10.2 Å². The van der Waals surface area contributed by atoms with Crippen molar-refractivity contribution in [1.82, 2.24) is 9.97 Å². The van der Waals surface area contributed by atoms with Gasteiger partial charge in [0.05, 0.1) is 22.5 Å². The fourth-order valence-electron chi connectivity index (χ4n) is 3.95. The zero-order valence-electron chi connectivity index (χ0n) is 19.2. The predicted octanol–water partition coefficient (Wildman–Crippen LogP) is 6.33. The number of aryl methyl sites for hydroxylation is 1. The highest BCUT2D eigenvalue weighted by Gasteiger charge is 2.23. The van der Waals surface area contributed by atoms with Gasteiger partial charge in [-0.2, -0.15) is 0 Å². The summed E-state index contributed by atoms with van der Waals surface area (Å²) in [5.74, 6) is -0.264. The zero-order chi connectivity index (χ0) is 24.2. The molecule has 5 rings (SSSR count). The van der Waals surface area contributed by atoms with E-state index in [1.165, 1.54) is 11.3 Å². The maximum absolute atomic E-state index is 13.7. The second-order valence-corrected chi connectivity index (χ2v) is 9.11. The lowest BCUT2D eigenvalue weighted by Gasteiger charge is -2.19. The van der Waals surface area contributed by atoms with E-state index in [0.29, 0.717) is 28.4 Å². The molecule has 0 aliphatic carbocycles. The molecule has 1 amide bonds. The number of pyridine rings is 1. The van der Waals surface area contributed by atoms with Crippen LogP contribution in [0.5, 0.6) is 0 Å². The number of amides is 1. The van der Waals surface area contributed by atoms with Crippen molar-refractivity contribution in [3.63, 3.8) is 0 Å². The first-order valence-electron chi connectivity index (χ1n) is 11.4. The number of benzene rings is 3. The standard InChI is InChI=1S/C29H23N3O2S/c1-2-20-11-8-13-25-26(20)31-29(35-25)32(19-24-12-6-7-18-30-24)28(34)23-16-14-22(15-17-23)27(33)21-9-4-3-5-10-21/h3-18H,2,19H2,1H3. The summed E-state index contributed by atoms with van der Waals surface area (Å²) in [6, 6.07) is 27.7. The highest BCUT2D eigenvalue weighted by Crippen LogP contribution is 2.32. The van der Waals surface area contributed by atoms with Gasteiger partial charge in [-0.05, 0) is 42.3 Å². The highest BCUT2D eigenvalue weighted by atomic mass is 32.1. The number of para-hydroxylation sites is 1. The third-order valence-electron chi connectivity index (χ3n) is 5.82. The van der Waals surface area contributed by atoms with Gasteiger partial charge in [-0.3, -0.25) is 19.5 Å². The molecule has 5 aromatic rings. The smallest absolute Gasteiger partial charge is 0.260 e. The molecule has 3 aromatic carbocycles. The molecule has 0 saturated heterocycles. The number of carbonyl (C=O) groups excluding carboxylic acids is 2. The monoisotopic (exact) mass is 477 g/mol. The molecule has 0 aliphatic heterocycles. The van der Waals surface area contributed by atoms with Crippen LogP contribution in [0.15, 0.2) is 97.2 Å². The molecule has 0 bridgehead atoms. The van der Waals surface area contributed by atoms with Gasteiger partial charge in [0.2, 0.25) is 0 Å². The van der Waals surface area contributed by atoms with Crippen LogP contribution in [0.3, 0.4) is 0 Å². The lowest BCUT2D eigenvalue weighted by molar-refractivity contribution is 0.0982. The van der Waals surface area contributed by atoms with Crippen molar-refractivity contribution in [3.05, 3.63) is 125 Å². The summed E-state index contributed by atoms with van der Waals surface area (Å²) in [7, 11) is 0. The Morgan fingerprint density at radius 1 is 0.800 bits per heavy atom. The van der Waals surface area contributed by atoms with Gasteiger partial charge < -0.3 is 0 Å². The maximum atomic E-state index is 13.7. The number of hydrogen-bond acceptors (Lipinski definition) is 5. The minimum Gasteiger partial charge on any atom is -0.289 e. The van der Waals surface area contributed by atoms with Crippen LogP contribution in [0.1, 0.15) is 44.5 Å². The second kappa shape index (κ2) is 9.99. The third-order valence-corrected chi connectivity index (χ3v) is 6.87. The van der Waals surface area contributed by atoms with Gasteiger partial charge in [-0.15, -0.1) is 0 Å². The predicted molar refractivity (Wildman–Crippen MR) is 140 cm³/mol. The molecule has 2 heterocycles. The molecular weight excluding hydrogens is 454 g/mol. The van der Waals surface area contributed by atoms with E-state index in [1.807, 2.05) is 48.5 Å². The number of rotatable bonds is 7. The molecule has 172 valence electrons. The van der Waals surface area contributed by atoms with E-state index in [1.54, 1.807) is 47.5 Å². The summed E-state index contributed by atoms with van der Waals surface area (Å²) < 4.78 is 1.04. The van der Waals surface area contributed by atoms with Crippen LogP contribution in [0.4, 0.5) is 5.13 Å². The Morgan fingerprint density at radius 3 is 2.23 bits per heavy atom. The number of thiazole rings is 1. The minimum absolute atomic E-state index is 0.0757. The Balaban J connectivity index is 1.49. The van der Waals surface area contributed by atoms with Gasteiger partial charge in [0, 0.05) is 22.9 Å². The van der Waals surface area contributed by atoms with Crippen molar-refractivity contribution < 1.29 is 9.59 Å². The molecular formula is C29H23N3O2S. The van der Waals surface area contributed by atoms with E-state index in [2.05, 4.69) is 18.0 Å². The van der Waals surface area contributed by atoms with Crippen LogP contribution in [0, 0.1) is 0 Å². The average molecular weight is 478 g/mol. The second-order valence-electron chi connectivity index (χ2n) is 8.10. The number of aromatic nitrogens is 2. The molecule has 0 N–H and O–H groups in total. The third kappa shape index (κ3) is 4.74. The Morgan fingerprint density at radius 2 is 1.51 bits per heavy atom. The van der Waals surface area contributed by atoms with E-state index in [4.69, 9.17) is 4.98 Å². The largest absolute Gasteiger partial charge is 0.289 e. The number of ketones is 1. The lowest BCUT2D eigenvalue weighted by atomic mass is 10.0. The van der Waals surface area contributed by atoms with E-state index < -0.39 is 0 Å². The maximum Gasteiger partial charge on any atom is 0.260 e. The molecule has 0 aliphatic rings. The van der Waals surface area contributed by atoms with Crippen LogP contribution in [-0.4, -0.2) is 21.7 Å². The molecule has 0 saturated carbocycles. The van der Waals surface area contributed by atoms with Crippen molar-refractivity contribution in [2.24, 2.45) is 0 Å². The van der Waals surface area contributed by atoms with Gasteiger partial charge in [0.25, 0.3) is 5.91 Å². The summed E-state index contributed by atoms with van der Waals surface area (Å²) in [5.41, 5.74) is 4.49. The Bertz CT molecular complexity index is 1480. The van der Waals surface area contributed by atoms with Crippen LogP contribution < -0.4 is 4.90 Å². The topological polar surface area (TPSA) is 63.2 Å². The van der Waals surface area contributed by atoms with E-state index >= 15 is 0 Å². The molecule has 35 heavy (non-hydrogen) atoms. The molecule has 0 unspecified atom stereocenters. The summed E-state index contributed by atoms with van der Waals surface area (Å²) >= 11 is 1.49. The summed E-state index contributed by atoms with van der Waals surface area (Å²) in [5, 5.41) is 0.626. The number of carbonyl (C=O) groups is 2. The van der Waals surface area contributed by atoms with Gasteiger partial charge in [-0.1, -0.05) is 78.9 Å². The molecule has 5 nitrogen and oxygen atoms in total. The van der Waals surface area contributed by atoms with Gasteiger partial charge in [0.15, 0.2) is 10.9 Å². The quantitative estimate of drug-likeness (QED) is 0.257. The lowest BCUT2D eigenvalue weighted by Crippen LogP contribution is -2.30. The van der Waals surface area contributed by atoms with E-state index in [9.17, 15) is 9.59 Å². The van der Waals surface area contributed by atoms with E-state index in [0.717, 1.165) is 27.9 Å². The van der Waals surface area contributed by atoms with Crippen LogP contribution in [-0.2, 0) is 13.0 Å². The first kappa shape index (κ1) is 22.6. The molecule has 0 spiro atoms. The average Bonchev–Trinajstić information content (AvgIpc) is 3.36. The first-order valence-corrected chi connectivity index (χ1v) is 12.3. The van der Waals surface area contributed by atoms with Gasteiger partial charge in [-0.25, -0.2) is 4.98 Å². The fourth-order valence-corrected chi connectivity index (χ4v) is 4.96. The van der Waals surface area contributed by atoms with Gasteiger partial charge >= 0.3 is 0 Å². The summed E-state index contributed by atoms with van der Waals surface area (Å²) in [6.07, 6.45) is 2.58. The van der Waals surface area contributed by atoms with Crippen molar-refractivity contribution in [2.45, 2.75) is 19.9 Å². The fraction of sp³-hybridized carbons (Fsp3) is 0.103. The molecule has 6 heteroatoms. The van der Waals surface area contributed by atoms with E-state index in [-0.39, 0.29) is 11.7 Å². The number of hydrogen-bond donors (Lipinski definition) is 0.